The molecule has 1 aliphatic rings. The minimum absolute atomic E-state index is 0.196. The lowest BCUT2D eigenvalue weighted by molar-refractivity contribution is 0.351. The van der Waals surface area contributed by atoms with Crippen molar-refractivity contribution in [3.05, 3.63) is 65.9 Å². The second-order valence-electron chi connectivity index (χ2n) is 6.60. The summed E-state index contributed by atoms with van der Waals surface area (Å²) in [5, 5.41) is 4.47. The Hall–Kier alpha value is -2.35. The van der Waals surface area contributed by atoms with Crippen LogP contribution >= 0.6 is 0 Å². The Morgan fingerprint density at radius 2 is 1.65 bits per heavy atom. The molecule has 1 aliphatic carbocycles. The Morgan fingerprint density at radius 1 is 0.957 bits per heavy atom. The summed E-state index contributed by atoms with van der Waals surface area (Å²) in [4.78, 5) is 0. The van der Waals surface area contributed by atoms with Gasteiger partial charge in [0.2, 0.25) is 0 Å². The number of aromatic nitrogens is 1. The summed E-state index contributed by atoms with van der Waals surface area (Å²) in [6.45, 7) is 4.35. The summed E-state index contributed by atoms with van der Waals surface area (Å²) >= 11 is 0. The molecular formula is C21H21NO. The Morgan fingerprint density at radius 3 is 2.26 bits per heavy atom. The van der Waals surface area contributed by atoms with Gasteiger partial charge in [-0.1, -0.05) is 72.2 Å². The Labute approximate surface area is 137 Å². The van der Waals surface area contributed by atoms with Gasteiger partial charge in [0.15, 0.2) is 5.76 Å². The normalized spacial score (nSPS) is 15.6. The van der Waals surface area contributed by atoms with Gasteiger partial charge in [0.1, 0.15) is 5.69 Å². The first kappa shape index (κ1) is 14.3. The highest BCUT2D eigenvalue weighted by Crippen LogP contribution is 2.55. The Balaban J connectivity index is 1.92. The van der Waals surface area contributed by atoms with Crippen LogP contribution in [0.5, 0.6) is 0 Å². The second-order valence-corrected chi connectivity index (χ2v) is 6.60. The highest BCUT2D eigenvalue weighted by Gasteiger charge is 2.48. The number of benzene rings is 2. The molecule has 3 aromatic rings. The fourth-order valence-electron chi connectivity index (χ4n) is 3.33. The molecule has 2 nitrogen and oxygen atoms in total. The minimum atomic E-state index is 0.196. The molecule has 0 N–H and O–H groups in total. The molecule has 2 heteroatoms. The van der Waals surface area contributed by atoms with Gasteiger partial charge in [0.25, 0.3) is 0 Å². The van der Waals surface area contributed by atoms with Crippen molar-refractivity contribution in [2.45, 2.75) is 38.5 Å². The van der Waals surface area contributed by atoms with Crippen molar-refractivity contribution in [2.24, 2.45) is 0 Å². The first-order chi connectivity index (χ1) is 11.2. The van der Waals surface area contributed by atoms with Gasteiger partial charge >= 0.3 is 0 Å². The van der Waals surface area contributed by atoms with Crippen LogP contribution in [0.1, 0.15) is 37.5 Å². The summed E-state index contributed by atoms with van der Waals surface area (Å²) in [7, 11) is 0. The van der Waals surface area contributed by atoms with Gasteiger partial charge in [-0.15, -0.1) is 0 Å². The van der Waals surface area contributed by atoms with E-state index >= 15 is 0 Å². The zero-order valence-corrected chi connectivity index (χ0v) is 13.7. The summed E-state index contributed by atoms with van der Waals surface area (Å²) < 4.78 is 5.90. The van der Waals surface area contributed by atoms with E-state index in [0.717, 1.165) is 23.4 Å². The molecule has 0 spiro atoms. The van der Waals surface area contributed by atoms with E-state index in [4.69, 9.17) is 4.52 Å². The van der Waals surface area contributed by atoms with Crippen LogP contribution in [0, 0.1) is 6.92 Å². The van der Waals surface area contributed by atoms with Crippen molar-refractivity contribution in [2.75, 3.05) is 0 Å². The van der Waals surface area contributed by atoms with Crippen LogP contribution in [0.3, 0.4) is 0 Å². The van der Waals surface area contributed by atoms with Crippen LogP contribution < -0.4 is 0 Å². The third-order valence-electron chi connectivity index (χ3n) is 5.09. The van der Waals surface area contributed by atoms with Gasteiger partial charge in [-0.25, -0.2) is 0 Å². The molecule has 0 radical (unpaired) electrons. The fraction of sp³-hybridized carbons (Fsp3) is 0.286. The van der Waals surface area contributed by atoms with E-state index in [1.165, 1.54) is 29.5 Å². The van der Waals surface area contributed by atoms with Gasteiger partial charge < -0.3 is 4.52 Å². The second kappa shape index (κ2) is 5.38. The maximum Gasteiger partial charge on any atom is 0.151 e. The van der Waals surface area contributed by atoms with Gasteiger partial charge in [-0.2, -0.15) is 0 Å². The zero-order chi connectivity index (χ0) is 15.9. The van der Waals surface area contributed by atoms with E-state index in [9.17, 15) is 0 Å². The van der Waals surface area contributed by atoms with Gasteiger partial charge in [-0.3, -0.25) is 0 Å². The average Bonchev–Trinajstić information content (AvgIpc) is 3.27. The van der Waals surface area contributed by atoms with Gasteiger partial charge in [-0.05, 0) is 31.7 Å². The predicted molar refractivity (Wildman–Crippen MR) is 93.3 cm³/mol. The zero-order valence-electron chi connectivity index (χ0n) is 13.7. The third-order valence-corrected chi connectivity index (χ3v) is 5.09. The molecule has 0 unspecified atom stereocenters. The maximum absolute atomic E-state index is 5.90. The third kappa shape index (κ3) is 2.39. The van der Waals surface area contributed by atoms with Crippen LogP contribution in [0.2, 0.25) is 0 Å². The van der Waals surface area contributed by atoms with E-state index in [-0.39, 0.29) is 5.41 Å². The van der Waals surface area contributed by atoms with Crippen molar-refractivity contribution < 1.29 is 4.52 Å². The molecule has 0 amide bonds. The largest absolute Gasteiger partial charge is 0.359 e. The quantitative estimate of drug-likeness (QED) is 0.612. The first-order valence-corrected chi connectivity index (χ1v) is 8.36. The van der Waals surface area contributed by atoms with E-state index in [2.05, 4.69) is 73.6 Å². The number of hydrogen-bond acceptors (Lipinski definition) is 2. The van der Waals surface area contributed by atoms with E-state index < -0.39 is 0 Å². The van der Waals surface area contributed by atoms with Crippen molar-refractivity contribution in [3.8, 4) is 22.4 Å². The standard InChI is InChI=1S/C21H21NO/c1-3-21(13-14-21)20-18(16-7-5-4-6-8-16)19(22-23-20)17-11-9-15(2)10-12-17/h4-12H,3,13-14H2,1-2H3. The molecule has 1 heterocycles. The molecule has 0 aliphatic heterocycles. The van der Waals surface area contributed by atoms with Crippen LogP contribution in [-0.4, -0.2) is 5.16 Å². The molecule has 0 saturated heterocycles. The fourth-order valence-corrected chi connectivity index (χ4v) is 3.33. The molecule has 0 atom stereocenters. The number of aryl methyl sites for hydroxylation is 1. The van der Waals surface area contributed by atoms with Crippen molar-refractivity contribution in [3.63, 3.8) is 0 Å². The van der Waals surface area contributed by atoms with Crippen LogP contribution in [0.25, 0.3) is 22.4 Å². The molecular weight excluding hydrogens is 282 g/mol. The number of nitrogens with zero attached hydrogens (tertiary/aromatic N) is 1. The molecule has 1 saturated carbocycles. The molecule has 2 aromatic carbocycles. The lowest BCUT2D eigenvalue weighted by atomic mass is 9.90. The molecule has 23 heavy (non-hydrogen) atoms. The van der Waals surface area contributed by atoms with Crippen molar-refractivity contribution >= 4 is 0 Å². The molecule has 116 valence electrons. The average molecular weight is 303 g/mol. The SMILES string of the molecule is CCC1(c2onc(-c3ccc(C)cc3)c2-c2ccccc2)CC1. The summed E-state index contributed by atoms with van der Waals surface area (Å²) in [6.07, 6.45) is 3.51. The topological polar surface area (TPSA) is 26.0 Å². The van der Waals surface area contributed by atoms with Gasteiger partial charge in [0, 0.05) is 11.0 Å². The summed E-state index contributed by atoms with van der Waals surface area (Å²) in [5.74, 6) is 1.07. The Kier molecular flexibility index (Phi) is 3.33. The van der Waals surface area contributed by atoms with Crippen LogP contribution in [-0.2, 0) is 5.41 Å². The van der Waals surface area contributed by atoms with E-state index in [1.807, 2.05) is 0 Å². The minimum Gasteiger partial charge on any atom is -0.359 e. The maximum atomic E-state index is 5.90. The number of rotatable bonds is 4. The molecule has 4 rings (SSSR count). The van der Waals surface area contributed by atoms with E-state index in [1.54, 1.807) is 0 Å². The molecule has 1 fully saturated rings. The summed E-state index contributed by atoms with van der Waals surface area (Å²) in [6, 6.07) is 19.0. The molecule has 0 bridgehead atoms. The van der Waals surface area contributed by atoms with E-state index in [0.29, 0.717) is 0 Å². The Bertz CT molecular complexity index is 811. The van der Waals surface area contributed by atoms with Crippen LogP contribution in [0.4, 0.5) is 0 Å². The lowest BCUT2D eigenvalue weighted by Gasteiger charge is -2.11. The van der Waals surface area contributed by atoms with Gasteiger partial charge in [0.05, 0.1) is 5.56 Å². The molecule has 1 aromatic heterocycles. The monoisotopic (exact) mass is 303 g/mol. The highest BCUT2D eigenvalue weighted by atomic mass is 16.5. The number of hydrogen-bond donors (Lipinski definition) is 0. The lowest BCUT2D eigenvalue weighted by Crippen LogP contribution is -2.04. The van der Waals surface area contributed by atoms with Crippen molar-refractivity contribution in [1.29, 1.82) is 0 Å². The highest BCUT2D eigenvalue weighted by molar-refractivity contribution is 5.83. The van der Waals surface area contributed by atoms with Crippen molar-refractivity contribution in [1.82, 2.24) is 5.16 Å². The predicted octanol–water partition coefficient (Wildman–Crippen LogP) is 5.76. The summed E-state index contributed by atoms with van der Waals surface area (Å²) in [5.41, 5.74) is 5.90. The smallest absolute Gasteiger partial charge is 0.151 e. The van der Waals surface area contributed by atoms with Crippen LogP contribution in [0.15, 0.2) is 59.1 Å². The first-order valence-electron chi connectivity index (χ1n) is 8.36.